The molecule has 1 aliphatic heterocycles. The highest BCUT2D eigenvalue weighted by atomic mass is 32.2. The molecule has 1 saturated carbocycles. The van der Waals surface area contributed by atoms with Gasteiger partial charge in [-0.15, -0.1) is 0 Å². The molecule has 2 atom stereocenters. The van der Waals surface area contributed by atoms with Crippen molar-refractivity contribution in [1.29, 1.82) is 0 Å². The number of nitrogens with one attached hydrogen (secondary N) is 1. The van der Waals surface area contributed by atoms with Crippen LogP contribution in [-0.4, -0.2) is 17.5 Å². The Morgan fingerprint density at radius 3 is 2.77 bits per heavy atom. The van der Waals surface area contributed by atoms with E-state index in [9.17, 15) is 0 Å². The second kappa shape index (κ2) is 4.67. The van der Waals surface area contributed by atoms with Gasteiger partial charge in [-0.3, -0.25) is 11.3 Å². The van der Waals surface area contributed by atoms with Crippen LogP contribution in [0, 0.1) is 11.8 Å². The molecule has 2 fully saturated rings. The first kappa shape index (κ1) is 9.81. The normalized spacial score (nSPS) is 30.7. The number of nitrogens with two attached hydrogens (primary N) is 1. The molecule has 3 N–H and O–H groups in total. The molecule has 13 heavy (non-hydrogen) atoms. The van der Waals surface area contributed by atoms with Crippen LogP contribution in [0.25, 0.3) is 0 Å². The van der Waals surface area contributed by atoms with Gasteiger partial charge in [0.2, 0.25) is 0 Å². The fraction of sp³-hybridized carbons (Fsp3) is 1.00. The molecule has 0 amide bonds. The highest BCUT2D eigenvalue weighted by Gasteiger charge is 2.27. The first-order valence-corrected chi connectivity index (χ1v) is 6.59. The van der Waals surface area contributed by atoms with Gasteiger partial charge in [-0.05, 0) is 42.6 Å². The summed E-state index contributed by atoms with van der Waals surface area (Å²) >= 11 is 2.08. The van der Waals surface area contributed by atoms with Crippen LogP contribution >= 0.6 is 11.8 Å². The predicted octanol–water partition coefficient (Wildman–Crippen LogP) is 1.76. The molecular formula is C10H20N2S. The van der Waals surface area contributed by atoms with Gasteiger partial charge in [-0.1, -0.05) is 12.8 Å². The van der Waals surface area contributed by atoms with Crippen molar-refractivity contribution in [2.45, 2.75) is 38.1 Å². The van der Waals surface area contributed by atoms with Crippen molar-refractivity contribution in [2.75, 3.05) is 11.5 Å². The van der Waals surface area contributed by atoms with Crippen LogP contribution in [0.5, 0.6) is 0 Å². The molecule has 1 aliphatic carbocycles. The van der Waals surface area contributed by atoms with Gasteiger partial charge in [0.25, 0.3) is 0 Å². The van der Waals surface area contributed by atoms with Gasteiger partial charge in [0.1, 0.15) is 0 Å². The minimum absolute atomic E-state index is 0.593. The lowest BCUT2D eigenvalue weighted by Crippen LogP contribution is -2.41. The van der Waals surface area contributed by atoms with Crippen LogP contribution in [-0.2, 0) is 0 Å². The quantitative estimate of drug-likeness (QED) is 0.524. The maximum Gasteiger partial charge on any atom is 0.0247 e. The Balaban J connectivity index is 1.70. The van der Waals surface area contributed by atoms with Crippen LogP contribution < -0.4 is 11.3 Å². The zero-order valence-corrected chi connectivity index (χ0v) is 8.98. The topological polar surface area (TPSA) is 38.0 Å². The van der Waals surface area contributed by atoms with Crippen molar-refractivity contribution < 1.29 is 0 Å². The zero-order valence-electron chi connectivity index (χ0n) is 8.17. The molecule has 2 rings (SSSR count). The van der Waals surface area contributed by atoms with Crippen LogP contribution in [0.3, 0.4) is 0 Å². The molecule has 1 saturated heterocycles. The Labute approximate surface area is 85.0 Å². The molecule has 0 aromatic carbocycles. The van der Waals surface area contributed by atoms with Crippen molar-refractivity contribution >= 4 is 11.8 Å². The number of rotatable bonds is 5. The Hall–Kier alpha value is 0.270. The molecule has 76 valence electrons. The molecule has 2 aliphatic rings. The average molecular weight is 200 g/mol. The lowest BCUT2D eigenvalue weighted by molar-refractivity contribution is 0.354. The molecule has 1 heterocycles. The fourth-order valence-corrected chi connectivity index (χ4v) is 3.48. The summed E-state index contributed by atoms with van der Waals surface area (Å²) in [5.74, 6) is 10.1. The Bertz CT molecular complexity index is 153. The summed E-state index contributed by atoms with van der Waals surface area (Å²) in [7, 11) is 0. The van der Waals surface area contributed by atoms with E-state index < -0.39 is 0 Å². The zero-order chi connectivity index (χ0) is 9.10. The number of hydrogen-bond donors (Lipinski definition) is 2. The summed E-state index contributed by atoms with van der Waals surface area (Å²) in [4.78, 5) is 0. The van der Waals surface area contributed by atoms with Gasteiger partial charge in [-0.25, -0.2) is 0 Å². The SMILES string of the molecule is NNC(CCC1CC1)C1CCSC1. The molecule has 0 spiro atoms. The van der Waals surface area contributed by atoms with Gasteiger partial charge in [-0.2, -0.15) is 11.8 Å². The third kappa shape index (κ3) is 2.86. The summed E-state index contributed by atoms with van der Waals surface area (Å²) in [5.41, 5.74) is 3.01. The highest BCUT2D eigenvalue weighted by molar-refractivity contribution is 7.99. The third-order valence-electron chi connectivity index (χ3n) is 3.33. The smallest absolute Gasteiger partial charge is 0.0247 e. The van der Waals surface area contributed by atoms with Gasteiger partial charge < -0.3 is 0 Å². The van der Waals surface area contributed by atoms with Gasteiger partial charge in [0, 0.05) is 6.04 Å². The lowest BCUT2D eigenvalue weighted by atomic mass is 9.95. The molecule has 0 bridgehead atoms. The Morgan fingerprint density at radius 2 is 2.23 bits per heavy atom. The van der Waals surface area contributed by atoms with Crippen molar-refractivity contribution in [2.24, 2.45) is 17.7 Å². The third-order valence-corrected chi connectivity index (χ3v) is 4.52. The maximum absolute atomic E-state index is 5.60. The standard InChI is InChI=1S/C10H20N2S/c11-12-10(4-3-8-1-2-8)9-5-6-13-7-9/h8-10,12H,1-7,11H2. The summed E-state index contributed by atoms with van der Waals surface area (Å²) in [6, 6.07) is 0.593. The highest BCUT2D eigenvalue weighted by Crippen LogP contribution is 2.36. The fourth-order valence-electron chi connectivity index (χ4n) is 2.15. The first-order valence-electron chi connectivity index (χ1n) is 5.44. The van der Waals surface area contributed by atoms with Crippen LogP contribution in [0.1, 0.15) is 32.1 Å². The molecule has 2 nitrogen and oxygen atoms in total. The van der Waals surface area contributed by atoms with E-state index in [0.717, 1.165) is 11.8 Å². The minimum Gasteiger partial charge on any atom is -0.271 e. The molecular weight excluding hydrogens is 180 g/mol. The van der Waals surface area contributed by atoms with Crippen LogP contribution in [0.15, 0.2) is 0 Å². The van der Waals surface area contributed by atoms with Crippen molar-refractivity contribution in [3.05, 3.63) is 0 Å². The van der Waals surface area contributed by atoms with E-state index in [0.29, 0.717) is 6.04 Å². The maximum atomic E-state index is 5.60. The second-order valence-electron chi connectivity index (χ2n) is 4.42. The van der Waals surface area contributed by atoms with Gasteiger partial charge in [0.05, 0.1) is 0 Å². The van der Waals surface area contributed by atoms with E-state index in [1.165, 1.54) is 43.6 Å². The second-order valence-corrected chi connectivity index (χ2v) is 5.57. The van der Waals surface area contributed by atoms with Crippen molar-refractivity contribution in [3.63, 3.8) is 0 Å². The molecule has 0 radical (unpaired) electrons. The Morgan fingerprint density at radius 1 is 1.38 bits per heavy atom. The largest absolute Gasteiger partial charge is 0.271 e. The monoisotopic (exact) mass is 200 g/mol. The van der Waals surface area contributed by atoms with E-state index in [1.54, 1.807) is 0 Å². The van der Waals surface area contributed by atoms with Crippen molar-refractivity contribution in [1.82, 2.24) is 5.43 Å². The van der Waals surface area contributed by atoms with Crippen LogP contribution in [0.4, 0.5) is 0 Å². The van der Waals surface area contributed by atoms with Crippen LogP contribution in [0.2, 0.25) is 0 Å². The summed E-state index contributed by atoms with van der Waals surface area (Å²) in [5, 5.41) is 0. The van der Waals surface area contributed by atoms with E-state index >= 15 is 0 Å². The summed E-state index contributed by atoms with van der Waals surface area (Å²) in [6.45, 7) is 0. The van der Waals surface area contributed by atoms with Gasteiger partial charge >= 0.3 is 0 Å². The van der Waals surface area contributed by atoms with E-state index in [1.807, 2.05) is 0 Å². The predicted molar refractivity (Wildman–Crippen MR) is 58.5 cm³/mol. The number of hydrogen-bond acceptors (Lipinski definition) is 3. The average Bonchev–Trinajstić information content (AvgIpc) is 2.81. The number of thioether (sulfide) groups is 1. The first-order chi connectivity index (χ1) is 6.40. The number of hydrazine groups is 1. The molecule has 0 aromatic heterocycles. The summed E-state index contributed by atoms with van der Waals surface area (Å²) in [6.07, 6.45) is 7.00. The minimum atomic E-state index is 0.593. The summed E-state index contributed by atoms with van der Waals surface area (Å²) < 4.78 is 0. The van der Waals surface area contributed by atoms with E-state index in [4.69, 9.17) is 5.84 Å². The van der Waals surface area contributed by atoms with E-state index in [2.05, 4.69) is 17.2 Å². The lowest BCUT2D eigenvalue weighted by Gasteiger charge is -2.21. The van der Waals surface area contributed by atoms with Gasteiger partial charge in [0.15, 0.2) is 0 Å². The molecule has 2 unspecified atom stereocenters. The van der Waals surface area contributed by atoms with Crippen molar-refractivity contribution in [3.8, 4) is 0 Å². The molecule has 3 heteroatoms. The molecule has 0 aromatic rings. The van der Waals surface area contributed by atoms with E-state index in [-0.39, 0.29) is 0 Å². The Kier molecular flexibility index (Phi) is 3.52.